The van der Waals surface area contributed by atoms with E-state index >= 15 is 4.39 Å². The van der Waals surface area contributed by atoms with E-state index in [1.54, 1.807) is 18.2 Å². The lowest BCUT2D eigenvalue weighted by Crippen LogP contribution is -2.50. The van der Waals surface area contributed by atoms with Gasteiger partial charge >= 0.3 is 11.0 Å². The van der Waals surface area contributed by atoms with E-state index < -0.39 is 37.4 Å². The van der Waals surface area contributed by atoms with Crippen LogP contribution in [0, 0.1) is 11.7 Å². The minimum Gasteiger partial charge on any atom is -0.466 e. The summed E-state index contributed by atoms with van der Waals surface area (Å²) in [5.74, 6) is -3.62. The molecule has 0 saturated carbocycles. The molecule has 1 aliphatic rings. The van der Waals surface area contributed by atoms with Crippen LogP contribution in [0.15, 0.2) is 47.4 Å². The zero-order valence-electron chi connectivity index (χ0n) is 15.2. The summed E-state index contributed by atoms with van der Waals surface area (Å²) >= 11 is 6.05. The predicted octanol–water partition coefficient (Wildman–Crippen LogP) is 3.99. The number of carbonyl (C=O) groups is 1. The van der Waals surface area contributed by atoms with Crippen LogP contribution in [0.3, 0.4) is 0 Å². The fourth-order valence-electron chi connectivity index (χ4n) is 3.95. The molecule has 0 bridgehead atoms. The van der Waals surface area contributed by atoms with Crippen LogP contribution in [0.25, 0.3) is 10.9 Å². The van der Waals surface area contributed by atoms with E-state index in [1.807, 2.05) is 0 Å². The molecule has 2 atom stereocenters. The average molecular weight is 440 g/mol. The number of H-pyrrole nitrogens is 1. The second-order valence-electron chi connectivity index (χ2n) is 6.97. The molecule has 9 heteroatoms. The molecule has 1 aromatic heterocycles. The van der Waals surface area contributed by atoms with Gasteiger partial charge in [-0.3, -0.25) is 0 Å². The molecule has 3 aromatic rings. The molecule has 1 heterocycles. The average Bonchev–Trinajstić information content (AvgIpc) is 3.25. The van der Waals surface area contributed by atoms with Gasteiger partial charge in [0.15, 0.2) is 0 Å². The third kappa shape index (κ3) is 2.93. The van der Waals surface area contributed by atoms with Crippen molar-refractivity contribution in [2.45, 2.75) is 22.7 Å². The lowest BCUT2D eigenvalue weighted by molar-refractivity contribution is -0.151. The maximum Gasteiger partial charge on any atom is 0.360 e. The number of hydrogen-bond acceptors (Lipinski definition) is 4. The van der Waals surface area contributed by atoms with Crippen molar-refractivity contribution in [3.05, 3.63) is 64.6 Å². The fourth-order valence-corrected chi connectivity index (χ4v) is 5.90. The number of benzene rings is 2. The van der Waals surface area contributed by atoms with E-state index in [4.69, 9.17) is 11.6 Å². The number of esters is 1. The molecule has 5 nitrogen and oxygen atoms in total. The molecule has 0 spiro atoms. The minimum absolute atomic E-state index is 0.0180. The summed E-state index contributed by atoms with van der Waals surface area (Å²) in [6, 6.07) is 9.11. The van der Waals surface area contributed by atoms with Gasteiger partial charge in [-0.05, 0) is 54.8 Å². The van der Waals surface area contributed by atoms with Crippen LogP contribution < -0.4 is 0 Å². The number of aromatic amines is 1. The number of carbonyl (C=O) groups excluding carboxylic acids is 1. The molecule has 1 aliphatic carbocycles. The second-order valence-corrected chi connectivity index (χ2v) is 9.48. The Kier molecular flexibility index (Phi) is 4.66. The second kappa shape index (κ2) is 6.81. The van der Waals surface area contributed by atoms with Crippen LogP contribution in [-0.2, 0) is 32.2 Å². The molecule has 0 saturated heterocycles. The number of sulfone groups is 1. The number of methoxy groups -OCH3 is 1. The van der Waals surface area contributed by atoms with Gasteiger partial charge in [-0.25, -0.2) is 22.0 Å². The first-order chi connectivity index (χ1) is 13.7. The van der Waals surface area contributed by atoms with E-state index in [2.05, 4.69) is 9.72 Å². The van der Waals surface area contributed by atoms with Gasteiger partial charge in [0, 0.05) is 27.5 Å². The van der Waals surface area contributed by atoms with E-state index in [0.717, 1.165) is 36.2 Å². The molecule has 4 rings (SSSR count). The molecule has 0 radical (unpaired) electrons. The Morgan fingerprint density at radius 1 is 1.24 bits per heavy atom. The first-order valence-electron chi connectivity index (χ1n) is 8.75. The van der Waals surface area contributed by atoms with Crippen LogP contribution in [0.2, 0.25) is 5.02 Å². The summed E-state index contributed by atoms with van der Waals surface area (Å²) in [5, 5.41) is -2.15. The number of ether oxygens (including phenoxy) is 1. The Labute approximate surface area is 170 Å². The van der Waals surface area contributed by atoms with Crippen molar-refractivity contribution in [3.63, 3.8) is 0 Å². The van der Waals surface area contributed by atoms with Gasteiger partial charge in [-0.1, -0.05) is 17.7 Å². The Balaban J connectivity index is 1.81. The highest BCUT2D eigenvalue weighted by atomic mass is 35.5. The highest BCUT2D eigenvalue weighted by molar-refractivity contribution is 7.93. The molecule has 1 N–H and O–H groups in total. The number of nitrogens with one attached hydrogen (secondary N) is 1. The first-order valence-corrected chi connectivity index (χ1v) is 10.6. The highest BCUT2D eigenvalue weighted by Crippen LogP contribution is 2.45. The van der Waals surface area contributed by atoms with Crippen LogP contribution in [-0.4, -0.2) is 31.5 Å². The van der Waals surface area contributed by atoms with Gasteiger partial charge in [-0.15, -0.1) is 0 Å². The standard InChI is InChI=1S/C20H16ClF2NO4S/c1-28-19(25)20(23,29(26,27)14-4-2-3-13(22)10-14)11-7-15-16-9-12(21)5-6-17(16)24-18(15)8-11/h2-6,9-11,24H,7-8H2,1H3. The Hall–Kier alpha value is -2.45. The summed E-state index contributed by atoms with van der Waals surface area (Å²) in [7, 11) is -3.98. The van der Waals surface area contributed by atoms with Gasteiger partial charge in [0.05, 0.1) is 12.0 Å². The SMILES string of the molecule is COC(=O)C(F)(C1Cc2[nH]c3ccc(Cl)cc3c2C1)S(=O)(=O)c1cccc(F)c1. The zero-order chi connectivity index (χ0) is 21.0. The summed E-state index contributed by atoms with van der Waals surface area (Å²) in [4.78, 5) is 14.9. The van der Waals surface area contributed by atoms with Crippen LogP contribution in [0.1, 0.15) is 11.3 Å². The maximum atomic E-state index is 16.2. The lowest BCUT2D eigenvalue weighted by atomic mass is 9.98. The Morgan fingerprint density at radius 3 is 2.69 bits per heavy atom. The molecule has 0 fully saturated rings. The molecule has 29 heavy (non-hydrogen) atoms. The summed E-state index contributed by atoms with van der Waals surface area (Å²) in [6.07, 6.45) is -0.0440. The molecular formula is C20H16ClF2NO4S. The molecule has 2 aromatic carbocycles. The topological polar surface area (TPSA) is 76.2 Å². The summed E-state index contributed by atoms with van der Waals surface area (Å²) in [5.41, 5.74) is 2.12. The molecule has 2 unspecified atom stereocenters. The molecule has 152 valence electrons. The van der Waals surface area contributed by atoms with E-state index in [1.165, 1.54) is 0 Å². The van der Waals surface area contributed by atoms with Crippen molar-refractivity contribution in [3.8, 4) is 0 Å². The van der Waals surface area contributed by atoms with E-state index in [9.17, 15) is 17.6 Å². The minimum atomic E-state index is -4.90. The monoisotopic (exact) mass is 439 g/mol. The van der Waals surface area contributed by atoms with Gasteiger partial charge in [-0.2, -0.15) is 0 Å². The highest BCUT2D eigenvalue weighted by Gasteiger charge is 2.60. The van der Waals surface area contributed by atoms with Gasteiger partial charge in [0.2, 0.25) is 9.84 Å². The van der Waals surface area contributed by atoms with Crippen molar-refractivity contribution in [1.29, 1.82) is 0 Å². The van der Waals surface area contributed by atoms with Crippen LogP contribution >= 0.6 is 11.6 Å². The third-order valence-corrected chi connectivity index (χ3v) is 7.74. The third-order valence-electron chi connectivity index (χ3n) is 5.34. The Morgan fingerprint density at radius 2 is 2.00 bits per heavy atom. The number of fused-ring (bicyclic) bond motifs is 3. The van der Waals surface area contributed by atoms with Gasteiger partial charge in [0.25, 0.3) is 0 Å². The number of alkyl halides is 1. The van der Waals surface area contributed by atoms with Gasteiger partial charge in [0.1, 0.15) is 5.82 Å². The lowest BCUT2D eigenvalue weighted by Gasteiger charge is -2.28. The van der Waals surface area contributed by atoms with Crippen molar-refractivity contribution < 1.29 is 26.7 Å². The molecular weight excluding hydrogens is 424 g/mol. The number of halogens is 3. The maximum absolute atomic E-state index is 16.2. The number of aromatic nitrogens is 1. The number of hydrogen-bond donors (Lipinski definition) is 1. The van der Waals surface area contributed by atoms with Crippen LogP contribution in [0.4, 0.5) is 8.78 Å². The number of rotatable bonds is 4. The largest absolute Gasteiger partial charge is 0.466 e. The van der Waals surface area contributed by atoms with Crippen molar-refractivity contribution in [1.82, 2.24) is 4.98 Å². The fraction of sp³-hybridized carbons (Fsp3) is 0.250. The normalized spacial score (nSPS) is 18.4. The van der Waals surface area contributed by atoms with Gasteiger partial charge < -0.3 is 9.72 Å². The molecule has 0 amide bonds. The first kappa shape index (κ1) is 19.8. The summed E-state index contributed by atoms with van der Waals surface area (Å²) in [6.45, 7) is 0. The molecule has 0 aliphatic heterocycles. The quantitative estimate of drug-likeness (QED) is 0.624. The summed E-state index contributed by atoms with van der Waals surface area (Å²) < 4.78 is 60.5. The predicted molar refractivity (Wildman–Crippen MR) is 104 cm³/mol. The van der Waals surface area contributed by atoms with E-state index in [-0.39, 0.29) is 12.8 Å². The van der Waals surface area contributed by atoms with Crippen molar-refractivity contribution in [2.24, 2.45) is 5.92 Å². The Bertz CT molecular complexity index is 1240. The van der Waals surface area contributed by atoms with Crippen LogP contribution in [0.5, 0.6) is 0 Å². The smallest absolute Gasteiger partial charge is 0.360 e. The van der Waals surface area contributed by atoms with E-state index in [0.29, 0.717) is 22.3 Å². The van der Waals surface area contributed by atoms with Crippen molar-refractivity contribution in [2.75, 3.05) is 7.11 Å². The zero-order valence-corrected chi connectivity index (χ0v) is 16.8. The van der Waals surface area contributed by atoms with Crippen molar-refractivity contribution >= 4 is 38.3 Å².